The Labute approximate surface area is 89.6 Å². The van der Waals surface area contributed by atoms with Gasteiger partial charge < -0.3 is 44.0 Å². The maximum absolute atomic E-state index is 8.88. The third kappa shape index (κ3) is 23400. The zero-order valence-electron chi connectivity index (χ0n) is 7.09. The van der Waals surface area contributed by atoms with E-state index in [9.17, 15) is 0 Å². The Bertz CT molecular complexity index is 202. The minimum atomic E-state index is -4.64. The molecular formula is CH9O12P3. The molecule has 4 radical (unpaired) electrons. The second-order valence-electron chi connectivity index (χ2n) is 1.54. The monoisotopic (exact) mass is 306 g/mol. The molecule has 0 aromatic carbocycles. The molecule has 0 unspecified atom stereocenters. The van der Waals surface area contributed by atoms with Gasteiger partial charge in [-0.2, -0.15) is 0 Å². The zero-order valence-corrected chi connectivity index (χ0v) is 9.77. The second kappa shape index (κ2) is 9.37. The van der Waals surface area contributed by atoms with Crippen LogP contribution in [0, 0.1) is 7.43 Å². The third-order valence-electron chi connectivity index (χ3n) is 0. The van der Waals surface area contributed by atoms with E-state index < -0.39 is 23.5 Å². The summed E-state index contributed by atoms with van der Waals surface area (Å²) < 4.78 is 26.6. The van der Waals surface area contributed by atoms with E-state index in [1.807, 2.05) is 0 Å². The highest BCUT2D eigenvalue weighted by Crippen LogP contribution is 2.26. The van der Waals surface area contributed by atoms with Crippen molar-refractivity contribution in [3.05, 3.63) is 7.43 Å². The van der Waals surface area contributed by atoms with Crippen molar-refractivity contribution in [3.8, 4) is 0 Å². The smallest absolute Gasteiger partial charge is 0.303 e. The van der Waals surface area contributed by atoms with Gasteiger partial charge in [0.25, 0.3) is 0 Å². The Balaban J connectivity index is -0.0000000655. The van der Waals surface area contributed by atoms with Crippen molar-refractivity contribution in [2.24, 2.45) is 0 Å². The summed E-state index contributed by atoms with van der Waals surface area (Å²) in [6.45, 7) is 0. The topological polar surface area (TPSA) is 233 Å². The molecule has 0 amide bonds. The normalized spacial score (nSPS) is 11.1. The average molecular weight is 306 g/mol. The molecule has 0 rings (SSSR count). The van der Waals surface area contributed by atoms with Gasteiger partial charge in [0, 0.05) is 7.43 Å². The van der Waals surface area contributed by atoms with Crippen LogP contribution in [0.5, 0.6) is 0 Å². The van der Waals surface area contributed by atoms with Crippen molar-refractivity contribution >= 4 is 23.5 Å². The fourth-order valence-corrected chi connectivity index (χ4v) is 0. The van der Waals surface area contributed by atoms with Crippen molar-refractivity contribution in [2.75, 3.05) is 0 Å². The van der Waals surface area contributed by atoms with Crippen molar-refractivity contribution in [3.63, 3.8) is 0 Å². The van der Waals surface area contributed by atoms with Gasteiger partial charge in [0.05, 0.1) is 0 Å². The van der Waals surface area contributed by atoms with Crippen LogP contribution in [0.25, 0.3) is 0 Å². The Morgan fingerprint density at radius 1 is 0.438 bits per heavy atom. The van der Waals surface area contributed by atoms with E-state index in [2.05, 4.69) is 0 Å². The molecule has 0 heterocycles. The lowest BCUT2D eigenvalue weighted by Crippen LogP contribution is -1.66. The van der Waals surface area contributed by atoms with Crippen LogP contribution in [0.3, 0.4) is 0 Å². The van der Waals surface area contributed by atoms with Crippen LogP contribution in [-0.2, 0) is 13.7 Å². The van der Waals surface area contributed by atoms with E-state index in [1.165, 1.54) is 0 Å². The number of hydrogen-bond acceptors (Lipinski definition) is 3. The molecule has 100 valence electrons. The molecule has 0 aromatic rings. The summed E-state index contributed by atoms with van der Waals surface area (Å²) in [7, 11) is -13.9. The highest BCUT2D eigenvalue weighted by atomic mass is 31.2. The van der Waals surface area contributed by atoms with E-state index >= 15 is 0 Å². The molecule has 15 heteroatoms. The summed E-state index contributed by atoms with van der Waals surface area (Å²) in [6.07, 6.45) is 0. The van der Waals surface area contributed by atoms with Crippen LogP contribution in [0.4, 0.5) is 0 Å². The van der Waals surface area contributed by atoms with Gasteiger partial charge in [-0.1, -0.05) is 0 Å². The molecule has 0 aliphatic carbocycles. The Hall–Kier alpha value is 0.330. The first-order valence-electron chi connectivity index (χ1n) is 2.35. The first-order chi connectivity index (χ1) is 6.00. The first kappa shape index (κ1) is 25.2. The van der Waals surface area contributed by atoms with Gasteiger partial charge >= 0.3 is 23.5 Å². The SMILES string of the molecule is O=P(O)(O)O.O=P(O)(O)O.O=P(O)(O)O.[C]. The minimum Gasteiger partial charge on any atom is -0.303 e. The van der Waals surface area contributed by atoms with E-state index in [0.717, 1.165) is 0 Å². The molecule has 0 saturated heterocycles. The molecule has 0 fully saturated rings. The molecule has 0 aliphatic heterocycles. The second-order valence-corrected chi connectivity index (χ2v) is 4.62. The summed E-state index contributed by atoms with van der Waals surface area (Å²) in [5, 5.41) is 0. The standard InChI is InChI=1S/C.3H3O4P/c;3*1-5(2,3)4/h;3*(H3,1,2,3,4). The highest BCUT2D eigenvalue weighted by molar-refractivity contribution is 7.45. The average Bonchev–Trinajstić information content (AvgIpc) is 1.41. The molecule has 0 bridgehead atoms. The largest absolute Gasteiger partial charge is 0.466 e. The van der Waals surface area contributed by atoms with Crippen molar-refractivity contribution in [1.82, 2.24) is 0 Å². The number of phosphoric acid groups is 3. The van der Waals surface area contributed by atoms with Crippen LogP contribution >= 0.6 is 23.5 Å². The van der Waals surface area contributed by atoms with Crippen molar-refractivity contribution in [1.29, 1.82) is 0 Å². The van der Waals surface area contributed by atoms with Crippen LogP contribution < -0.4 is 0 Å². The zero-order chi connectivity index (χ0) is 13.5. The van der Waals surface area contributed by atoms with Crippen LogP contribution in [-0.4, -0.2) is 44.0 Å². The number of hydrogen-bond donors (Lipinski definition) is 9. The lowest BCUT2D eigenvalue weighted by molar-refractivity contribution is 0.272. The van der Waals surface area contributed by atoms with Crippen molar-refractivity contribution < 1.29 is 57.7 Å². The van der Waals surface area contributed by atoms with E-state index in [0.29, 0.717) is 0 Å². The Kier molecular flexibility index (Phi) is 14.8. The fourth-order valence-electron chi connectivity index (χ4n) is 0. The highest BCUT2D eigenvalue weighted by Gasteiger charge is 2.01. The third-order valence-corrected chi connectivity index (χ3v) is 0. The molecule has 0 aliphatic rings. The summed E-state index contributed by atoms with van der Waals surface area (Å²) in [5.74, 6) is 0. The lowest BCUT2D eigenvalue weighted by Gasteiger charge is -1.82. The van der Waals surface area contributed by atoms with Gasteiger partial charge in [0.1, 0.15) is 0 Å². The Morgan fingerprint density at radius 3 is 0.438 bits per heavy atom. The van der Waals surface area contributed by atoms with Gasteiger partial charge in [0.2, 0.25) is 0 Å². The Morgan fingerprint density at radius 2 is 0.438 bits per heavy atom. The molecule has 0 atom stereocenters. The predicted octanol–water partition coefficient (Wildman–Crippen LogP) is -2.70. The maximum Gasteiger partial charge on any atom is 0.466 e. The van der Waals surface area contributed by atoms with E-state index in [-0.39, 0.29) is 7.43 Å². The number of rotatable bonds is 0. The van der Waals surface area contributed by atoms with Gasteiger partial charge in [0.15, 0.2) is 0 Å². The molecule has 16 heavy (non-hydrogen) atoms. The fraction of sp³-hybridized carbons (Fsp3) is 0. The maximum atomic E-state index is 8.88. The molecule has 12 nitrogen and oxygen atoms in total. The molecule has 9 N–H and O–H groups in total. The summed E-state index contributed by atoms with van der Waals surface area (Å²) in [6, 6.07) is 0. The summed E-state index contributed by atoms with van der Waals surface area (Å²) in [4.78, 5) is 64.7. The predicted molar refractivity (Wildman–Crippen MR) is 46.0 cm³/mol. The minimum absolute atomic E-state index is 0. The lowest BCUT2D eigenvalue weighted by atomic mass is 12.0. The van der Waals surface area contributed by atoms with Crippen LogP contribution in [0.1, 0.15) is 0 Å². The van der Waals surface area contributed by atoms with Crippen LogP contribution in [0.15, 0.2) is 0 Å². The quantitative estimate of drug-likeness (QED) is 0.208. The van der Waals surface area contributed by atoms with Crippen LogP contribution in [0.2, 0.25) is 0 Å². The summed E-state index contributed by atoms with van der Waals surface area (Å²) in [5.41, 5.74) is 0. The van der Waals surface area contributed by atoms with Gasteiger partial charge in [-0.25, -0.2) is 13.7 Å². The van der Waals surface area contributed by atoms with Gasteiger partial charge in [-0.3, -0.25) is 0 Å². The molecule has 0 saturated carbocycles. The van der Waals surface area contributed by atoms with E-state index in [4.69, 9.17) is 57.7 Å². The van der Waals surface area contributed by atoms with Gasteiger partial charge in [-0.05, 0) is 0 Å². The molecule has 0 aromatic heterocycles. The molecule has 0 spiro atoms. The van der Waals surface area contributed by atoms with Crippen molar-refractivity contribution in [2.45, 2.75) is 0 Å². The first-order valence-corrected chi connectivity index (χ1v) is 7.04. The van der Waals surface area contributed by atoms with E-state index in [1.54, 1.807) is 0 Å². The summed E-state index contributed by atoms with van der Waals surface area (Å²) >= 11 is 0. The molecular weight excluding hydrogens is 297 g/mol. The van der Waals surface area contributed by atoms with Gasteiger partial charge in [-0.15, -0.1) is 0 Å².